The molecule has 114 valence electrons. The van der Waals surface area contributed by atoms with Crippen molar-refractivity contribution in [3.63, 3.8) is 0 Å². The van der Waals surface area contributed by atoms with Gasteiger partial charge in [-0.05, 0) is 25.5 Å². The van der Waals surface area contributed by atoms with E-state index in [2.05, 4.69) is 21.0 Å². The Morgan fingerprint density at radius 3 is 2.86 bits per heavy atom. The number of nitrogens with zero attached hydrogens (tertiary/aromatic N) is 4. The van der Waals surface area contributed by atoms with Crippen molar-refractivity contribution in [1.29, 1.82) is 5.26 Å². The Labute approximate surface area is 130 Å². The molecular weight excluding hydrogens is 276 g/mol. The van der Waals surface area contributed by atoms with Gasteiger partial charge >= 0.3 is 0 Å². The van der Waals surface area contributed by atoms with E-state index in [0.717, 1.165) is 61.8 Å². The van der Waals surface area contributed by atoms with Crippen LogP contribution in [0, 0.1) is 18.3 Å². The molecule has 2 heterocycles. The lowest BCUT2D eigenvalue weighted by molar-refractivity contribution is 0.273. The molecule has 1 saturated heterocycles. The number of anilines is 1. The Kier molecular flexibility index (Phi) is 4.40. The van der Waals surface area contributed by atoms with Crippen molar-refractivity contribution in [2.45, 2.75) is 19.9 Å². The number of benzene rings is 1. The Morgan fingerprint density at radius 1 is 1.23 bits per heavy atom. The van der Waals surface area contributed by atoms with Gasteiger partial charge in [-0.1, -0.05) is 17.3 Å². The van der Waals surface area contributed by atoms with E-state index in [4.69, 9.17) is 4.52 Å². The van der Waals surface area contributed by atoms with Crippen LogP contribution in [0.25, 0.3) is 0 Å². The van der Waals surface area contributed by atoms with E-state index >= 15 is 0 Å². The first-order valence-electron chi connectivity index (χ1n) is 7.65. The standard InChI is InChI=1S/C17H20N4O/c1-14-11-16(19-22-14)13-20-7-4-8-21(10-9-20)17-6-3-2-5-15(17)12-18/h2-3,5-6,11H,4,7-10,13H2,1H3. The highest BCUT2D eigenvalue weighted by molar-refractivity contribution is 5.59. The maximum absolute atomic E-state index is 9.26. The Bertz CT molecular complexity index is 673. The van der Waals surface area contributed by atoms with E-state index < -0.39 is 0 Å². The van der Waals surface area contributed by atoms with Crippen molar-refractivity contribution in [3.8, 4) is 6.07 Å². The summed E-state index contributed by atoms with van der Waals surface area (Å²) in [4.78, 5) is 4.71. The molecule has 0 saturated carbocycles. The molecular formula is C17H20N4O. The van der Waals surface area contributed by atoms with Gasteiger partial charge in [0.25, 0.3) is 0 Å². The zero-order valence-electron chi connectivity index (χ0n) is 12.8. The van der Waals surface area contributed by atoms with E-state index in [0.29, 0.717) is 0 Å². The zero-order chi connectivity index (χ0) is 15.4. The first-order chi connectivity index (χ1) is 10.8. The lowest BCUT2D eigenvalue weighted by atomic mass is 10.1. The normalized spacial score (nSPS) is 16.3. The maximum Gasteiger partial charge on any atom is 0.133 e. The Balaban J connectivity index is 1.66. The summed E-state index contributed by atoms with van der Waals surface area (Å²) in [6.07, 6.45) is 1.08. The Hall–Kier alpha value is -2.32. The SMILES string of the molecule is Cc1cc(CN2CCCN(c3ccccc3C#N)CC2)no1. The smallest absolute Gasteiger partial charge is 0.133 e. The molecule has 0 spiro atoms. The lowest BCUT2D eigenvalue weighted by Gasteiger charge is -2.24. The summed E-state index contributed by atoms with van der Waals surface area (Å²) in [5.41, 5.74) is 2.79. The molecule has 0 N–H and O–H groups in total. The Morgan fingerprint density at radius 2 is 2.09 bits per heavy atom. The summed E-state index contributed by atoms with van der Waals surface area (Å²) >= 11 is 0. The minimum absolute atomic E-state index is 0.753. The number of aryl methyl sites for hydroxylation is 1. The van der Waals surface area contributed by atoms with Gasteiger partial charge < -0.3 is 9.42 Å². The van der Waals surface area contributed by atoms with E-state index in [1.807, 2.05) is 37.3 Å². The fourth-order valence-corrected chi connectivity index (χ4v) is 2.94. The predicted octanol–water partition coefficient (Wildman–Crippen LogP) is 2.57. The van der Waals surface area contributed by atoms with Crippen molar-refractivity contribution >= 4 is 5.69 Å². The lowest BCUT2D eigenvalue weighted by Crippen LogP contribution is -2.30. The number of hydrogen-bond acceptors (Lipinski definition) is 5. The molecule has 0 unspecified atom stereocenters. The van der Waals surface area contributed by atoms with E-state index in [9.17, 15) is 5.26 Å². The van der Waals surface area contributed by atoms with E-state index in [1.165, 1.54) is 0 Å². The van der Waals surface area contributed by atoms with Gasteiger partial charge in [-0.2, -0.15) is 5.26 Å². The van der Waals surface area contributed by atoms with Crippen molar-refractivity contribution in [2.75, 3.05) is 31.1 Å². The molecule has 1 aromatic heterocycles. The second kappa shape index (κ2) is 6.63. The van der Waals surface area contributed by atoms with Crippen LogP contribution in [-0.2, 0) is 6.54 Å². The molecule has 0 amide bonds. The summed E-state index contributed by atoms with van der Waals surface area (Å²) in [6.45, 7) is 6.65. The van der Waals surface area contributed by atoms with Gasteiger partial charge in [-0.15, -0.1) is 0 Å². The van der Waals surface area contributed by atoms with Crippen LogP contribution in [-0.4, -0.2) is 36.2 Å². The van der Waals surface area contributed by atoms with Gasteiger partial charge in [0.1, 0.15) is 11.8 Å². The number of aromatic nitrogens is 1. The highest BCUT2D eigenvalue weighted by Crippen LogP contribution is 2.21. The minimum Gasteiger partial charge on any atom is -0.369 e. The molecule has 0 atom stereocenters. The second-order valence-corrected chi connectivity index (χ2v) is 5.67. The van der Waals surface area contributed by atoms with Gasteiger partial charge in [0, 0.05) is 38.8 Å². The average Bonchev–Trinajstić information content (AvgIpc) is 2.81. The number of para-hydroxylation sites is 1. The van der Waals surface area contributed by atoms with Crippen molar-refractivity contribution in [1.82, 2.24) is 10.1 Å². The topological polar surface area (TPSA) is 56.3 Å². The largest absolute Gasteiger partial charge is 0.369 e. The first kappa shape index (κ1) is 14.6. The zero-order valence-corrected chi connectivity index (χ0v) is 12.8. The third-order valence-electron chi connectivity index (χ3n) is 4.02. The molecule has 0 aliphatic carbocycles. The first-order valence-corrected chi connectivity index (χ1v) is 7.65. The fraction of sp³-hybridized carbons (Fsp3) is 0.412. The molecule has 5 nitrogen and oxygen atoms in total. The molecule has 22 heavy (non-hydrogen) atoms. The number of hydrogen-bond donors (Lipinski definition) is 0. The monoisotopic (exact) mass is 296 g/mol. The summed E-state index contributed by atoms with van der Waals surface area (Å²) in [7, 11) is 0. The third kappa shape index (κ3) is 3.29. The number of rotatable bonds is 3. The molecule has 1 aliphatic rings. The second-order valence-electron chi connectivity index (χ2n) is 5.67. The maximum atomic E-state index is 9.26. The van der Waals surface area contributed by atoms with Gasteiger partial charge in [0.05, 0.1) is 16.9 Å². The quantitative estimate of drug-likeness (QED) is 0.871. The van der Waals surface area contributed by atoms with Crippen LogP contribution in [0.3, 0.4) is 0 Å². The van der Waals surface area contributed by atoms with Gasteiger partial charge in [-0.3, -0.25) is 4.90 Å². The average molecular weight is 296 g/mol. The van der Waals surface area contributed by atoms with Crippen molar-refractivity contribution in [3.05, 3.63) is 47.3 Å². The molecule has 1 aliphatic heterocycles. The predicted molar refractivity (Wildman–Crippen MR) is 84.5 cm³/mol. The van der Waals surface area contributed by atoms with Crippen LogP contribution in [0.2, 0.25) is 0 Å². The summed E-state index contributed by atoms with van der Waals surface area (Å²) < 4.78 is 5.13. The van der Waals surface area contributed by atoms with Crippen LogP contribution >= 0.6 is 0 Å². The van der Waals surface area contributed by atoms with Crippen LogP contribution in [0.1, 0.15) is 23.4 Å². The molecule has 0 radical (unpaired) electrons. The van der Waals surface area contributed by atoms with Gasteiger partial charge in [0.2, 0.25) is 0 Å². The molecule has 0 bridgehead atoms. The molecule has 2 aromatic rings. The fourth-order valence-electron chi connectivity index (χ4n) is 2.94. The van der Waals surface area contributed by atoms with Crippen LogP contribution in [0.15, 0.2) is 34.9 Å². The highest BCUT2D eigenvalue weighted by Gasteiger charge is 2.18. The van der Waals surface area contributed by atoms with Crippen LogP contribution in [0.4, 0.5) is 5.69 Å². The molecule has 1 fully saturated rings. The van der Waals surface area contributed by atoms with Gasteiger partial charge in [-0.25, -0.2) is 0 Å². The van der Waals surface area contributed by atoms with E-state index in [-0.39, 0.29) is 0 Å². The molecule has 3 rings (SSSR count). The van der Waals surface area contributed by atoms with Crippen LogP contribution in [0.5, 0.6) is 0 Å². The minimum atomic E-state index is 0.753. The summed E-state index contributed by atoms with van der Waals surface area (Å²) in [5.74, 6) is 0.856. The van der Waals surface area contributed by atoms with Crippen molar-refractivity contribution < 1.29 is 4.52 Å². The summed E-state index contributed by atoms with van der Waals surface area (Å²) in [6, 6.07) is 12.1. The molecule has 5 heteroatoms. The summed E-state index contributed by atoms with van der Waals surface area (Å²) in [5, 5.41) is 13.3. The number of nitriles is 1. The van der Waals surface area contributed by atoms with Gasteiger partial charge in [0.15, 0.2) is 0 Å². The van der Waals surface area contributed by atoms with E-state index in [1.54, 1.807) is 0 Å². The molecule has 1 aromatic carbocycles. The van der Waals surface area contributed by atoms with Crippen molar-refractivity contribution in [2.24, 2.45) is 0 Å². The highest BCUT2D eigenvalue weighted by atomic mass is 16.5. The third-order valence-corrected chi connectivity index (χ3v) is 4.02. The van der Waals surface area contributed by atoms with Crippen LogP contribution < -0.4 is 4.90 Å².